The fraction of sp³-hybridized carbons (Fsp3) is 0.389. The normalized spacial score (nSPS) is 14.3. The van der Waals surface area contributed by atoms with E-state index in [9.17, 15) is 9.59 Å². The van der Waals surface area contributed by atoms with Gasteiger partial charge in [-0.05, 0) is 12.0 Å². The number of nitrogens with zero attached hydrogens (tertiary/aromatic N) is 2. The number of carbonyl (C=O) groups excluding carboxylic acids is 2. The van der Waals surface area contributed by atoms with Crippen LogP contribution in [0.15, 0.2) is 30.6 Å². The van der Waals surface area contributed by atoms with E-state index in [-0.39, 0.29) is 11.9 Å². The molecule has 2 heterocycles. The molecule has 5 nitrogen and oxygen atoms in total. The molecule has 2 aromatic rings. The summed E-state index contributed by atoms with van der Waals surface area (Å²) in [5.41, 5.74) is 1.99. The molecular weight excluding hydrogens is 290 g/mol. The van der Waals surface area contributed by atoms with Gasteiger partial charge in [0.2, 0.25) is 5.91 Å². The van der Waals surface area contributed by atoms with Gasteiger partial charge in [0, 0.05) is 29.9 Å². The zero-order valence-electron chi connectivity index (χ0n) is 13.9. The number of urea groups is 1. The summed E-state index contributed by atoms with van der Waals surface area (Å²) in [7, 11) is 0. The minimum atomic E-state index is -0.374. The van der Waals surface area contributed by atoms with Crippen LogP contribution in [0.1, 0.15) is 39.2 Å². The molecule has 1 saturated heterocycles. The van der Waals surface area contributed by atoms with Crippen LogP contribution < -0.4 is 10.2 Å². The average Bonchev–Trinajstić information content (AvgIpc) is 2.57. The van der Waals surface area contributed by atoms with Crippen molar-refractivity contribution in [2.24, 2.45) is 0 Å². The number of aromatic nitrogens is 1. The summed E-state index contributed by atoms with van der Waals surface area (Å²) in [5.74, 6) is -0.226. The second-order valence-corrected chi connectivity index (χ2v) is 5.18. The van der Waals surface area contributed by atoms with Crippen molar-refractivity contribution in [1.29, 1.82) is 0 Å². The van der Waals surface area contributed by atoms with E-state index in [0.717, 1.165) is 29.3 Å². The quantitative estimate of drug-likeness (QED) is 0.940. The standard InChI is InChI=1S/C16H17N3O2.C2H6/c1-2-4-11-5-3-6-12-13(11)9-17-10-14(12)19-8-7-15(20)18-16(19)21;1-2/h3,5-6,9-10H,2,4,7-8H2,1H3,(H,18,20,21);1-2H3. The van der Waals surface area contributed by atoms with Crippen LogP contribution in [0.4, 0.5) is 10.5 Å². The largest absolute Gasteiger partial charge is 0.328 e. The van der Waals surface area contributed by atoms with Crippen molar-refractivity contribution < 1.29 is 9.59 Å². The highest BCUT2D eigenvalue weighted by Gasteiger charge is 2.25. The lowest BCUT2D eigenvalue weighted by molar-refractivity contribution is -0.120. The molecule has 1 fully saturated rings. The highest BCUT2D eigenvalue weighted by molar-refractivity contribution is 6.09. The van der Waals surface area contributed by atoms with Crippen LogP contribution in [0.5, 0.6) is 0 Å². The lowest BCUT2D eigenvalue weighted by Gasteiger charge is -2.27. The fourth-order valence-corrected chi connectivity index (χ4v) is 2.74. The van der Waals surface area contributed by atoms with Crippen molar-refractivity contribution in [2.75, 3.05) is 11.4 Å². The van der Waals surface area contributed by atoms with Crippen LogP contribution in [0.2, 0.25) is 0 Å². The summed E-state index contributed by atoms with van der Waals surface area (Å²) in [4.78, 5) is 29.2. The number of amides is 3. The summed E-state index contributed by atoms with van der Waals surface area (Å²) < 4.78 is 0. The Morgan fingerprint density at radius 1 is 1.17 bits per heavy atom. The van der Waals surface area contributed by atoms with E-state index >= 15 is 0 Å². The van der Waals surface area contributed by atoms with Gasteiger partial charge >= 0.3 is 6.03 Å². The first-order valence-electron chi connectivity index (χ1n) is 8.17. The average molecular weight is 313 g/mol. The third-order valence-electron chi connectivity index (χ3n) is 3.74. The van der Waals surface area contributed by atoms with Gasteiger partial charge in [0.25, 0.3) is 0 Å². The SMILES string of the molecule is CC.CCCc1cccc2c(N3CCC(=O)NC3=O)cncc12. The predicted molar refractivity (Wildman–Crippen MR) is 92.6 cm³/mol. The maximum atomic E-state index is 12.0. The van der Waals surface area contributed by atoms with Gasteiger partial charge in [0.05, 0.1) is 11.9 Å². The van der Waals surface area contributed by atoms with E-state index in [4.69, 9.17) is 0 Å². The number of hydrogen-bond acceptors (Lipinski definition) is 3. The van der Waals surface area contributed by atoms with Gasteiger partial charge in [0.1, 0.15) is 0 Å². The number of rotatable bonds is 3. The Balaban J connectivity index is 0.000000924. The van der Waals surface area contributed by atoms with Crippen LogP contribution in [-0.2, 0) is 11.2 Å². The van der Waals surface area contributed by atoms with Gasteiger partial charge in [-0.25, -0.2) is 4.79 Å². The maximum Gasteiger partial charge on any atom is 0.328 e. The molecule has 3 amide bonds. The molecule has 1 aromatic heterocycles. The molecule has 3 rings (SSSR count). The molecule has 0 aliphatic carbocycles. The van der Waals surface area contributed by atoms with Crippen molar-refractivity contribution in [3.8, 4) is 0 Å². The minimum Gasteiger partial charge on any atom is -0.291 e. The van der Waals surface area contributed by atoms with E-state index < -0.39 is 0 Å². The summed E-state index contributed by atoms with van der Waals surface area (Å²) >= 11 is 0. The number of fused-ring (bicyclic) bond motifs is 1. The zero-order valence-corrected chi connectivity index (χ0v) is 13.9. The van der Waals surface area contributed by atoms with Crippen LogP contribution in [-0.4, -0.2) is 23.5 Å². The minimum absolute atomic E-state index is 0.226. The number of pyridine rings is 1. The Morgan fingerprint density at radius 2 is 1.96 bits per heavy atom. The number of anilines is 1. The van der Waals surface area contributed by atoms with E-state index in [1.165, 1.54) is 5.56 Å². The molecule has 0 radical (unpaired) electrons. The van der Waals surface area contributed by atoms with Crippen molar-refractivity contribution in [1.82, 2.24) is 10.3 Å². The van der Waals surface area contributed by atoms with Crippen LogP contribution in [0, 0.1) is 0 Å². The molecule has 0 spiro atoms. The Kier molecular flexibility index (Phi) is 5.68. The van der Waals surface area contributed by atoms with Crippen molar-refractivity contribution >= 4 is 28.4 Å². The van der Waals surface area contributed by atoms with Gasteiger partial charge in [-0.15, -0.1) is 0 Å². The molecule has 122 valence electrons. The zero-order chi connectivity index (χ0) is 16.8. The lowest BCUT2D eigenvalue weighted by Crippen LogP contribution is -2.49. The van der Waals surface area contributed by atoms with E-state index in [2.05, 4.69) is 23.3 Å². The number of benzene rings is 1. The Bertz CT molecular complexity index is 712. The molecule has 0 saturated carbocycles. The fourth-order valence-electron chi connectivity index (χ4n) is 2.74. The van der Waals surface area contributed by atoms with E-state index in [1.54, 1.807) is 11.1 Å². The van der Waals surface area contributed by atoms with E-state index in [0.29, 0.717) is 13.0 Å². The third-order valence-corrected chi connectivity index (χ3v) is 3.74. The molecule has 0 unspecified atom stereocenters. The lowest BCUT2D eigenvalue weighted by atomic mass is 10.0. The second kappa shape index (κ2) is 7.72. The first-order valence-corrected chi connectivity index (χ1v) is 8.17. The van der Waals surface area contributed by atoms with E-state index in [1.807, 2.05) is 32.2 Å². The summed E-state index contributed by atoms with van der Waals surface area (Å²) in [6.45, 7) is 6.53. The maximum absolute atomic E-state index is 12.0. The van der Waals surface area contributed by atoms with Crippen molar-refractivity contribution in [3.05, 3.63) is 36.2 Å². The van der Waals surface area contributed by atoms with Crippen molar-refractivity contribution in [2.45, 2.75) is 40.0 Å². The second-order valence-electron chi connectivity index (χ2n) is 5.18. The highest BCUT2D eigenvalue weighted by atomic mass is 16.2. The number of hydrogen-bond donors (Lipinski definition) is 1. The molecule has 0 bridgehead atoms. The molecular formula is C18H23N3O2. The Morgan fingerprint density at radius 3 is 2.65 bits per heavy atom. The molecule has 5 heteroatoms. The predicted octanol–water partition coefficient (Wildman–Crippen LogP) is 3.66. The monoisotopic (exact) mass is 313 g/mol. The molecule has 0 atom stereocenters. The first-order chi connectivity index (χ1) is 11.2. The van der Waals surface area contributed by atoms with Gasteiger partial charge < -0.3 is 0 Å². The molecule has 1 aliphatic heterocycles. The molecule has 1 aliphatic rings. The topological polar surface area (TPSA) is 62.3 Å². The smallest absolute Gasteiger partial charge is 0.291 e. The van der Waals surface area contributed by atoms with Gasteiger partial charge in [-0.3, -0.25) is 20.0 Å². The Hall–Kier alpha value is -2.43. The number of imide groups is 1. The summed E-state index contributed by atoms with van der Waals surface area (Å²) in [6, 6.07) is 5.72. The number of aryl methyl sites for hydroxylation is 1. The van der Waals surface area contributed by atoms with Gasteiger partial charge in [-0.2, -0.15) is 0 Å². The number of nitrogens with one attached hydrogen (secondary N) is 1. The van der Waals surface area contributed by atoms with Crippen LogP contribution in [0.3, 0.4) is 0 Å². The Labute approximate surface area is 136 Å². The molecule has 1 aromatic carbocycles. The van der Waals surface area contributed by atoms with Crippen molar-refractivity contribution in [3.63, 3.8) is 0 Å². The van der Waals surface area contributed by atoms with Gasteiger partial charge in [0.15, 0.2) is 0 Å². The van der Waals surface area contributed by atoms with Crippen LogP contribution >= 0.6 is 0 Å². The summed E-state index contributed by atoms with van der Waals surface area (Å²) in [5, 5.41) is 4.42. The van der Waals surface area contributed by atoms with Gasteiger partial charge in [-0.1, -0.05) is 45.4 Å². The van der Waals surface area contributed by atoms with Crippen LogP contribution in [0.25, 0.3) is 10.8 Å². The molecule has 23 heavy (non-hydrogen) atoms. The summed E-state index contributed by atoms with van der Waals surface area (Å²) in [6.07, 6.45) is 5.89. The first kappa shape index (κ1) is 16.9. The number of carbonyl (C=O) groups is 2. The molecule has 1 N–H and O–H groups in total. The highest BCUT2D eigenvalue weighted by Crippen LogP contribution is 2.29. The third kappa shape index (κ3) is 3.50.